The number of hydrogen-bond acceptors (Lipinski definition) is 4. The molecule has 0 bridgehead atoms. The van der Waals surface area contributed by atoms with Gasteiger partial charge in [-0.15, -0.1) is 11.6 Å². The Labute approximate surface area is 99.9 Å². The van der Waals surface area contributed by atoms with Crippen molar-refractivity contribution in [3.05, 3.63) is 35.9 Å². The van der Waals surface area contributed by atoms with Crippen LogP contribution in [0.1, 0.15) is 5.56 Å². The summed E-state index contributed by atoms with van der Waals surface area (Å²) in [5, 5.41) is 9.07. The van der Waals surface area contributed by atoms with Crippen LogP contribution in [0, 0.1) is 0 Å². The molecule has 1 aromatic rings. The maximum Gasteiger partial charge on any atom is 0.271 e. The molecule has 0 aromatic heterocycles. The number of aliphatic hydroxyl groups excluding tert-OH is 1. The van der Waals surface area contributed by atoms with Crippen molar-refractivity contribution in [1.29, 1.82) is 0 Å². The minimum atomic E-state index is -3.66. The van der Waals surface area contributed by atoms with Gasteiger partial charge in [0.15, 0.2) is 0 Å². The number of benzene rings is 1. The fraction of sp³-hybridized carbons (Fsp3) is 0.400. The zero-order valence-corrected chi connectivity index (χ0v) is 10.1. The van der Waals surface area contributed by atoms with E-state index in [4.69, 9.17) is 16.7 Å². The SMILES string of the molecule is O=S(=O)(Cc1ccccc1)OCC(O)CCl. The van der Waals surface area contributed by atoms with Gasteiger partial charge in [0.25, 0.3) is 10.1 Å². The summed E-state index contributed by atoms with van der Waals surface area (Å²) >= 11 is 5.32. The van der Waals surface area contributed by atoms with Gasteiger partial charge < -0.3 is 5.11 Å². The van der Waals surface area contributed by atoms with Crippen LogP contribution >= 0.6 is 11.6 Å². The number of aliphatic hydroxyl groups is 1. The fourth-order valence-electron chi connectivity index (χ4n) is 1.05. The third-order valence-corrected chi connectivity index (χ3v) is 3.34. The van der Waals surface area contributed by atoms with Gasteiger partial charge in [-0.1, -0.05) is 30.3 Å². The molecular weight excluding hydrogens is 252 g/mol. The van der Waals surface area contributed by atoms with E-state index in [1.807, 2.05) is 0 Å². The Kier molecular flexibility index (Phi) is 5.21. The van der Waals surface area contributed by atoms with E-state index in [0.717, 1.165) is 0 Å². The van der Waals surface area contributed by atoms with Gasteiger partial charge >= 0.3 is 0 Å². The molecule has 1 N–H and O–H groups in total. The lowest BCUT2D eigenvalue weighted by atomic mass is 10.2. The van der Waals surface area contributed by atoms with E-state index in [1.165, 1.54) is 0 Å². The maximum atomic E-state index is 11.4. The van der Waals surface area contributed by atoms with Crippen molar-refractivity contribution in [3.8, 4) is 0 Å². The molecule has 0 aliphatic heterocycles. The summed E-state index contributed by atoms with van der Waals surface area (Å²) in [6.45, 7) is -0.307. The van der Waals surface area contributed by atoms with Gasteiger partial charge in [0.05, 0.1) is 18.6 Å². The molecule has 0 spiro atoms. The van der Waals surface area contributed by atoms with E-state index in [2.05, 4.69) is 4.18 Å². The summed E-state index contributed by atoms with van der Waals surface area (Å²) in [4.78, 5) is 0. The van der Waals surface area contributed by atoms with E-state index < -0.39 is 16.2 Å². The van der Waals surface area contributed by atoms with Crippen LogP contribution in [0.2, 0.25) is 0 Å². The number of halogens is 1. The lowest BCUT2D eigenvalue weighted by Crippen LogP contribution is -2.20. The highest BCUT2D eigenvalue weighted by molar-refractivity contribution is 7.85. The fourth-order valence-corrected chi connectivity index (χ4v) is 2.18. The van der Waals surface area contributed by atoms with Crippen LogP contribution in [0.25, 0.3) is 0 Å². The average molecular weight is 265 g/mol. The summed E-state index contributed by atoms with van der Waals surface area (Å²) in [6.07, 6.45) is -0.966. The molecule has 0 fully saturated rings. The molecule has 0 radical (unpaired) electrons. The Balaban J connectivity index is 2.53. The molecule has 0 heterocycles. The van der Waals surface area contributed by atoms with Crippen LogP contribution in [-0.4, -0.2) is 32.1 Å². The van der Waals surface area contributed by atoms with Crippen LogP contribution in [-0.2, 0) is 20.1 Å². The van der Waals surface area contributed by atoms with Gasteiger partial charge in [0, 0.05) is 0 Å². The first kappa shape index (κ1) is 13.4. The van der Waals surface area contributed by atoms with Crippen molar-refractivity contribution in [1.82, 2.24) is 0 Å². The van der Waals surface area contributed by atoms with Crippen molar-refractivity contribution in [2.45, 2.75) is 11.9 Å². The van der Waals surface area contributed by atoms with E-state index in [1.54, 1.807) is 30.3 Å². The highest BCUT2D eigenvalue weighted by atomic mass is 35.5. The molecule has 1 aromatic carbocycles. The monoisotopic (exact) mass is 264 g/mol. The highest BCUT2D eigenvalue weighted by Crippen LogP contribution is 2.07. The van der Waals surface area contributed by atoms with Crippen molar-refractivity contribution in [2.24, 2.45) is 0 Å². The first-order valence-corrected chi connectivity index (χ1v) is 6.80. The predicted molar refractivity (Wildman–Crippen MR) is 61.7 cm³/mol. The molecule has 6 heteroatoms. The quantitative estimate of drug-likeness (QED) is 0.618. The Hall–Kier alpha value is -0.620. The third kappa shape index (κ3) is 4.94. The maximum absolute atomic E-state index is 11.4. The smallest absolute Gasteiger partial charge is 0.271 e. The van der Waals surface area contributed by atoms with Gasteiger partial charge in [0.1, 0.15) is 5.75 Å². The van der Waals surface area contributed by atoms with Gasteiger partial charge in [-0.3, -0.25) is 4.18 Å². The Morgan fingerprint density at radius 1 is 1.31 bits per heavy atom. The van der Waals surface area contributed by atoms with Crippen LogP contribution in [0.4, 0.5) is 0 Å². The zero-order valence-electron chi connectivity index (χ0n) is 8.54. The predicted octanol–water partition coefficient (Wildman–Crippen LogP) is 1.13. The molecule has 0 amide bonds. The van der Waals surface area contributed by atoms with Gasteiger partial charge in [-0.05, 0) is 5.56 Å². The molecule has 90 valence electrons. The molecule has 0 aliphatic carbocycles. The Morgan fingerprint density at radius 3 is 2.50 bits per heavy atom. The average Bonchev–Trinajstić information content (AvgIpc) is 2.27. The van der Waals surface area contributed by atoms with Gasteiger partial charge in [-0.2, -0.15) is 8.42 Å². The number of hydrogen-bond donors (Lipinski definition) is 1. The largest absolute Gasteiger partial charge is 0.389 e. The number of alkyl halides is 1. The summed E-state index contributed by atoms with van der Waals surface area (Å²) in [7, 11) is -3.66. The third-order valence-electron chi connectivity index (χ3n) is 1.80. The van der Waals surface area contributed by atoms with E-state index in [9.17, 15) is 8.42 Å². The molecule has 1 atom stereocenters. The Bertz CT molecular complexity index is 404. The van der Waals surface area contributed by atoms with Crippen molar-refractivity contribution < 1.29 is 17.7 Å². The molecule has 1 rings (SSSR count). The summed E-state index contributed by atoms with van der Waals surface area (Å²) in [5.74, 6) is -0.260. The highest BCUT2D eigenvalue weighted by Gasteiger charge is 2.14. The van der Waals surface area contributed by atoms with E-state index >= 15 is 0 Å². The molecule has 1 unspecified atom stereocenters. The van der Waals surface area contributed by atoms with Crippen molar-refractivity contribution in [3.63, 3.8) is 0 Å². The molecule has 0 aliphatic rings. The second kappa shape index (κ2) is 6.20. The van der Waals surface area contributed by atoms with E-state index in [-0.39, 0.29) is 18.2 Å². The standard InChI is InChI=1S/C10H13ClO4S/c11-6-10(12)7-15-16(13,14)8-9-4-2-1-3-5-9/h1-5,10,12H,6-8H2. The summed E-state index contributed by atoms with van der Waals surface area (Å²) in [6, 6.07) is 8.68. The van der Waals surface area contributed by atoms with Crippen LogP contribution in [0.5, 0.6) is 0 Å². The van der Waals surface area contributed by atoms with Crippen LogP contribution in [0.3, 0.4) is 0 Å². The molecule has 0 saturated heterocycles. The first-order chi connectivity index (χ1) is 7.53. The van der Waals surface area contributed by atoms with Crippen LogP contribution < -0.4 is 0 Å². The molecular formula is C10H13ClO4S. The Morgan fingerprint density at radius 2 is 1.94 bits per heavy atom. The first-order valence-electron chi connectivity index (χ1n) is 4.68. The zero-order chi connectivity index (χ0) is 12.0. The van der Waals surface area contributed by atoms with Crippen LogP contribution in [0.15, 0.2) is 30.3 Å². The minimum Gasteiger partial charge on any atom is -0.389 e. The lowest BCUT2D eigenvalue weighted by molar-refractivity contribution is 0.128. The summed E-state index contributed by atoms with van der Waals surface area (Å²) < 4.78 is 27.5. The molecule has 16 heavy (non-hydrogen) atoms. The topological polar surface area (TPSA) is 63.6 Å². The minimum absolute atomic E-state index is 0.0547. The van der Waals surface area contributed by atoms with Crippen molar-refractivity contribution >= 4 is 21.7 Å². The second-order valence-corrected chi connectivity index (χ2v) is 5.23. The van der Waals surface area contributed by atoms with Crippen molar-refractivity contribution in [2.75, 3.05) is 12.5 Å². The molecule has 4 nitrogen and oxygen atoms in total. The van der Waals surface area contributed by atoms with Gasteiger partial charge in [0.2, 0.25) is 0 Å². The van der Waals surface area contributed by atoms with Gasteiger partial charge in [-0.25, -0.2) is 0 Å². The lowest BCUT2D eigenvalue weighted by Gasteiger charge is -2.08. The van der Waals surface area contributed by atoms with E-state index in [0.29, 0.717) is 5.56 Å². The second-order valence-electron chi connectivity index (χ2n) is 3.28. The molecule has 0 saturated carbocycles. The normalized spacial score (nSPS) is 13.6. The number of rotatable bonds is 6. The summed E-state index contributed by atoms with van der Waals surface area (Å²) in [5.41, 5.74) is 0.642.